The number of benzene rings is 2. The monoisotopic (exact) mass is 365 g/mol. The molecule has 3 rings (SSSR count). The third kappa shape index (κ3) is 4.55. The normalized spacial score (nSPS) is 10.3. The summed E-state index contributed by atoms with van der Waals surface area (Å²) >= 11 is 0. The van der Waals surface area contributed by atoms with Crippen LogP contribution in [-0.2, 0) is 16.0 Å². The third-order valence-corrected chi connectivity index (χ3v) is 3.97. The molecule has 1 N–H and O–H groups in total. The van der Waals surface area contributed by atoms with E-state index in [0.29, 0.717) is 11.4 Å². The smallest absolute Gasteiger partial charge is 0.309 e. The molecule has 27 heavy (non-hydrogen) atoms. The van der Waals surface area contributed by atoms with Gasteiger partial charge in [0.1, 0.15) is 11.5 Å². The Hall–Kier alpha value is -3.54. The molecule has 1 heterocycles. The SMILES string of the molecule is COC(=O)Cc1cccc(NC(=O)c2ccc(-c3ccc(OC)cc3)o2)c1. The second-order valence-corrected chi connectivity index (χ2v) is 5.80. The standard InChI is InChI=1S/C21H19NO5/c1-25-17-8-6-15(7-9-17)18-10-11-19(27-18)21(24)22-16-5-3-4-14(12-16)13-20(23)26-2/h3-12H,13H2,1-2H3,(H,22,24). The van der Waals surface area contributed by atoms with E-state index in [4.69, 9.17) is 9.15 Å². The molecule has 138 valence electrons. The summed E-state index contributed by atoms with van der Waals surface area (Å²) in [4.78, 5) is 23.8. The van der Waals surface area contributed by atoms with Crippen molar-refractivity contribution in [3.63, 3.8) is 0 Å². The number of rotatable bonds is 6. The number of ether oxygens (including phenoxy) is 2. The van der Waals surface area contributed by atoms with Crippen LogP contribution >= 0.6 is 0 Å². The van der Waals surface area contributed by atoms with E-state index in [1.165, 1.54) is 7.11 Å². The molecule has 2 aromatic carbocycles. The Balaban J connectivity index is 1.70. The van der Waals surface area contributed by atoms with Crippen molar-refractivity contribution in [1.82, 2.24) is 0 Å². The highest BCUT2D eigenvalue weighted by Crippen LogP contribution is 2.25. The summed E-state index contributed by atoms with van der Waals surface area (Å²) in [6.07, 6.45) is 0.141. The minimum atomic E-state index is -0.370. The van der Waals surface area contributed by atoms with Crippen LogP contribution in [0.15, 0.2) is 65.1 Å². The average Bonchev–Trinajstić information content (AvgIpc) is 3.18. The molecule has 0 unspecified atom stereocenters. The van der Waals surface area contributed by atoms with Crippen LogP contribution in [0.25, 0.3) is 11.3 Å². The van der Waals surface area contributed by atoms with Gasteiger partial charge in [0, 0.05) is 11.3 Å². The molecule has 1 aromatic heterocycles. The van der Waals surface area contributed by atoms with Crippen LogP contribution in [0, 0.1) is 0 Å². The molecule has 6 nitrogen and oxygen atoms in total. The van der Waals surface area contributed by atoms with Crippen molar-refractivity contribution in [2.45, 2.75) is 6.42 Å². The Bertz CT molecular complexity index is 943. The van der Waals surface area contributed by atoms with E-state index in [2.05, 4.69) is 10.1 Å². The summed E-state index contributed by atoms with van der Waals surface area (Å²) in [7, 11) is 2.94. The molecule has 0 saturated carbocycles. The number of amides is 1. The molecule has 3 aromatic rings. The minimum Gasteiger partial charge on any atom is -0.497 e. The van der Waals surface area contributed by atoms with Crippen LogP contribution in [0.1, 0.15) is 16.1 Å². The van der Waals surface area contributed by atoms with Crippen molar-refractivity contribution in [3.8, 4) is 17.1 Å². The number of nitrogens with one attached hydrogen (secondary N) is 1. The molecular weight excluding hydrogens is 346 g/mol. The number of carbonyl (C=O) groups is 2. The van der Waals surface area contributed by atoms with Crippen molar-refractivity contribution >= 4 is 17.6 Å². The summed E-state index contributed by atoms with van der Waals surface area (Å²) in [5, 5.41) is 2.77. The molecule has 0 spiro atoms. The molecule has 0 saturated heterocycles. The van der Waals surface area contributed by atoms with Gasteiger partial charge in [0.15, 0.2) is 5.76 Å². The Morgan fingerprint density at radius 1 is 1.00 bits per heavy atom. The number of hydrogen-bond donors (Lipinski definition) is 1. The number of esters is 1. The Kier molecular flexibility index (Phi) is 5.56. The van der Waals surface area contributed by atoms with Gasteiger partial charge in [-0.25, -0.2) is 0 Å². The molecule has 0 atom stereocenters. The van der Waals surface area contributed by atoms with Crippen molar-refractivity contribution in [1.29, 1.82) is 0 Å². The zero-order valence-electron chi connectivity index (χ0n) is 15.0. The molecule has 0 aliphatic rings. The number of hydrogen-bond acceptors (Lipinski definition) is 5. The van der Waals surface area contributed by atoms with Crippen LogP contribution < -0.4 is 10.1 Å². The molecule has 6 heteroatoms. The lowest BCUT2D eigenvalue weighted by Crippen LogP contribution is -2.11. The van der Waals surface area contributed by atoms with Gasteiger partial charge in [0.05, 0.1) is 20.6 Å². The van der Waals surface area contributed by atoms with Crippen LogP contribution in [0.5, 0.6) is 5.75 Å². The summed E-state index contributed by atoms with van der Waals surface area (Å²) in [6.45, 7) is 0. The molecular formula is C21H19NO5. The quantitative estimate of drug-likeness (QED) is 0.670. The molecule has 1 amide bonds. The van der Waals surface area contributed by atoms with E-state index < -0.39 is 0 Å². The zero-order valence-corrected chi connectivity index (χ0v) is 15.0. The second kappa shape index (κ2) is 8.23. The Morgan fingerprint density at radius 2 is 1.78 bits per heavy atom. The third-order valence-electron chi connectivity index (χ3n) is 3.97. The highest BCUT2D eigenvalue weighted by Gasteiger charge is 2.13. The number of methoxy groups -OCH3 is 2. The predicted octanol–water partition coefficient (Wildman–Crippen LogP) is 3.92. The zero-order chi connectivity index (χ0) is 19.2. The van der Waals surface area contributed by atoms with E-state index >= 15 is 0 Å². The minimum absolute atomic E-state index is 0.141. The number of furan rings is 1. The van der Waals surface area contributed by atoms with Gasteiger partial charge in [-0.05, 0) is 54.1 Å². The maximum absolute atomic E-state index is 12.4. The first kappa shape index (κ1) is 18.3. The first-order valence-corrected chi connectivity index (χ1v) is 8.30. The lowest BCUT2D eigenvalue weighted by Gasteiger charge is -2.06. The van der Waals surface area contributed by atoms with Gasteiger partial charge in [0.2, 0.25) is 0 Å². The van der Waals surface area contributed by atoms with E-state index in [1.54, 1.807) is 43.5 Å². The van der Waals surface area contributed by atoms with Gasteiger partial charge >= 0.3 is 5.97 Å². The fraction of sp³-hybridized carbons (Fsp3) is 0.143. The summed E-state index contributed by atoms with van der Waals surface area (Å²) in [5.74, 6) is 0.815. The maximum Gasteiger partial charge on any atom is 0.309 e. The lowest BCUT2D eigenvalue weighted by molar-refractivity contribution is -0.139. The topological polar surface area (TPSA) is 77.8 Å². The largest absolute Gasteiger partial charge is 0.497 e. The molecule has 0 aliphatic heterocycles. The van der Waals surface area contributed by atoms with Crippen LogP contribution in [0.4, 0.5) is 5.69 Å². The lowest BCUT2D eigenvalue weighted by atomic mass is 10.1. The fourth-order valence-corrected chi connectivity index (χ4v) is 2.56. The van der Waals surface area contributed by atoms with Gasteiger partial charge in [-0.1, -0.05) is 12.1 Å². The highest BCUT2D eigenvalue weighted by atomic mass is 16.5. The molecule has 0 fully saturated rings. The van der Waals surface area contributed by atoms with E-state index in [9.17, 15) is 9.59 Å². The maximum atomic E-state index is 12.4. The fourth-order valence-electron chi connectivity index (χ4n) is 2.56. The second-order valence-electron chi connectivity index (χ2n) is 5.80. The van der Waals surface area contributed by atoms with Gasteiger partial charge in [0.25, 0.3) is 5.91 Å². The van der Waals surface area contributed by atoms with Crippen LogP contribution in [0.2, 0.25) is 0 Å². The summed E-state index contributed by atoms with van der Waals surface area (Å²) < 4.78 is 15.4. The van der Waals surface area contributed by atoms with Crippen LogP contribution in [0.3, 0.4) is 0 Å². The Morgan fingerprint density at radius 3 is 2.48 bits per heavy atom. The number of carbonyl (C=O) groups excluding carboxylic acids is 2. The van der Waals surface area contributed by atoms with Crippen LogP contribution in [-0.4, -0.2) is 26.1 Å². The summed E-state index contributed by atoms with van der Waals surface area (Å²) in [6, 6.07) is 17.7. The average molecular weight is 365 g/mol. The predicted molar refractivity (Wildman–Crippen MR) is 101 cm³/mol. The molecule has 0 aliphatic carbocycles. The summed E-state index contributed by atoms with van der Waals surface area (Å²) in [5.41, 5.74) is 2.16. The van der Waals surface area contributed by atoms with Crippen molar-refractivity contribution in [2.75, 3.05) is 19.5 Å². The van der Waals surface area contributed by atoms with E-state index in [0.717, 1.165) is 16.9 Å². The first-order valence-electron chi connectivity index (χ1n) is 8.30. The van der Waals surface area contributed by atoms with Crippen molar-refractivity contribution in [3.05, 3.63) is 72.0 Å². The highest BCUT2D eigenvalue weighted by molar-refractivity contribution is 6.02. The number of anilines is 1. The molecule has 0 radical (unpaired) electrons. The van der Waals surface area contributed by atoms with E-state index in [1.807, 2.05) is 24.3 Å². The van der Waals surface area contributed by atoms with Crippen molar-refractivity contribution in [2.24, 2.45) is 0 Å². The Labute approximate surface area is 156 Å². The van der Waals surface area contributed by atoms with Gasteiger partial charge in [-0.15, -0.1) is 0 Å². The van der Waals surface area contributed by atoms with Gasteiger partial charge in [-0.3, -0.25) is 9.59 Å². The van der Waals surface area contributed by atoms with Gasteiger partial charge < -0.3 is 19.2 Å². The first-order chi connectivity index (χ1) is 13.1. The van der Waals surface area contributed by atoms with E-state index in [-0.39, 0.29) is 24.1 Å². The van der Waals surface area contributed by atoms with Gasteiger partial charge in [-0.2, -0.15) is 0 Å². The van der Waals surface area contributed by atoms with Crippen molar-refractivity contribution < 1.29 is 23.5 Å². The molecule has 0 bridgehead atoms.